The van der Waals surface area contributed by atoms with Crippen LogP contribution in [0.3, 0.4) is 0 Å². The number of methoxy groups -OCH3 is 2. The predicted molar refractivity (Wildman–Crippen MR) is 49.8 cm³/mol. The molecule has 4 nitrogen and oxygen atoms in total. The summed E-state index contributed by atoms with van der Waals surface area (Å²) in [5.74, 6) is -0.0626. The smallest absolute Gasteiger partial charge is 0.342 e. The molecule has 70 valence electrons. The van der Waals surface area contributed by atoms with Gasteiger partial charge in [-0.05, 0) is 15.9 Å². The predicted octanol–water partition coefficient (Wildman–Crippen LogP) is 1.64. The van der Waals surface area contributed by atoms with Crippen LogP contribution in [0.1, 0.15) is 10.4 Å². The Balaban J connectivity index is 3.22. The minimum Gasteiger partial charge on any atom is -0.494 e. The Bertz CT molecular complexity index is 327. The molecule has 0 aliphatic heterocycles. The zero-order valence-electron chi connectivity index (χ0n) is 7.20. The summed E-state index contributed by atoms with van der Waals surface area (Å²) in [6.07, 6.45) is 2.96. The zero-order valence-corrected chi connectivity index (χ0v) is 8.79. The molecule has 1 aromatic rings. The van der Waals surface area contributed by atoms with Crippen molar-refractivity contribution in [2.45, 2.75) is 0 Å². The highest BCUT2D eigenvalue weighted by atomic mass is 79.9. The lowest BCUT2D eigenvalue weighted by Crippen LogP contribution is -2.05. The molecule has 0 aliphatic rings. The fourth-order valence-corrected chi connectivity index (χ4v) is 1.35. The Labute approximate surface area is 84.0 Å². The summed E-state index contributed by atoms with van der Waals surface area (Å²) < 4.78 is 10.1. The molecular weight excluding hydrogens is 238 g/mol. The summed E-state index contributed by atoms with van der Waals surface area (Å²) in [5.41, 5.74) is 0.347. The summed E-state index contributed by atoms with van der Waals surface area (Å²) >= 11 is 3.19. The van der Waals surface area contributed by atoms with Gasteiger partial charge in [0, 0.05) is 6.20 Å². The van der Waals surface area contributed by atoms with E-state index in [1.165, 1.54) is 26.6 Å². The normalized spacial score (nSPS) is 9.46. The highest BCUT2D eigenvalue weighted by molar-refractivity contribution is 9.10. The number of nitrogens with zero attached hydrogens (tertiary/aromatic N) is 1. The molecule has 0 saturated heterocycles. The van der Waals surface area contributed by atoms with E-state index < -0.39 is 5.97 Å². The van der Waals surface area contributed by atoms with Crippen LogP contribution in [0.2, 0.25) is 0 Å². The van der Waals surface area contributed by atoms with E-state index in [0.29, 0.717) is 15.8 Å². The third-order valence-electron chi connectivity index (χ3n) is 1.47. The highest BCUT2D eigenvalue weighted by Crippen LogP contribution is 2.25. The molecule has 13 heavy (non-hydrogen) atoms. The van der Waals surface area contributed by atoms with Gasteiger partial charge in [-0.3, -0.25) is 4.98 Å². The maximum Gasteiger partial charge on any atom is 0.342 e. The van der Waals surface area contributed by atoms with Crippen molar-refractivity contribution in [2.75, 3.05) is 14.2 Å². The molecule has 0 fully saturated rings. The molecule has 0 bridgehead atoms. The van der Waals surface area contributed by atoms with E-state index in [2.05, 4.69) is 25.7 Å². The lowest BCUT2D eigenvalue weighted by atomic mass is 10.2. The molecule has 0 unspecified atom stereocenters. The van der Waals surface area contributed by atoms with Crippen LogP contribution < -0.4 is 4.74 Å². The molecule has 0 atom stereocenters. The van der Waals surface area contributed by atoms with Crippen molar-refractivity contribution < 1.29 is 14.3 Å². The van der Waals surface area contributed by atoms with Gasteiger partial charge < -0.3 is 9.47 Å². The van der Waals surface area contributed by atoms with Crippen molar-refractivity contribution in [3.63, 3.8) is 0 Å². The van der Waals surface area contributed by atoms with Crippen molar-refractivity contribution in [3.8, 4) is 5.75 Å². The molecule has 1 aromatic heterocycles. The van der Waals surface area contributed by atoms with E-state index >= 15 is 0 Å². The lowest BCUT2D eigenvalue weighted by molar-refractivity contribution is 0.0596. The zero-order chi connectivity index (χ0) is 9.84. The first-order valence-corrected chi connectivity index (χ1v) is 4.25. The van der Waals surface area contributed by atoms with Crippen molar-refractivity contribution in [2.24, 2.45) is 0 Å². The number of aromatic nitrogens is 1. The molecule has 0 saturated carbocycles. The SMILES string of the molecule is COC(=O)c1c(Br)cncc1OC. The molecular formula is C8H8BrNO3. The molecule has 1 heterocycles. The monoisotopic (exact) mass is 245 g/mol. The quantitative estimate of drug-likeness (QED) is 0.744. The Kier molecular flexibility index (Phi) is 3.25. The van der Waals surface area contributed by atoms with Crippen LogP contribution in [-0.4, -0.2) is 25.2 Å². The molecule has 0 amide bonds. The third kappa shape index (κ3) is 1.98. The number of hydrogen-bond donors (Lipinski definition) is 0. The lowest BCUT2D eigenvalue weighted by Gasteiger charge is -2.06. The Hall–Kier alpha value is -1.10. The number of ether oxygens (including phenoxy) is 2. The van der Waals surface area contributed by atoms with Crippen LogP contribution in [0, 0.1) is 0 Å². The van der Waals surface area contributed by atoms with E-state index in [4.69, 9.17) is 4.74 Å². The number of carbonyl (C=O) groups is 1. The van der Waals surface area contributed by atoms with Crippen LogP contribution in [0.4, 0.5) is 0 Å². The minimum atomic E-state index is -0.453. The topological polar surface area (TPSA) is 48.4 Å². The van der Waals surface area contributed by atoms with Crippen LogP contribution in [0.5, 0.6) is 5.75 Å². The Morgan fingerprint density at radius 3 is 2.69 bits per heavy atom. The number of pyridine rings is 1. The molecule has 1 rings (SSSR count). The number of halogens is 1. The maximum absolute atomic E-state index is 11.3. The van der Waals surface area contributed by atoms with Gasteiger partial charge in [-0.1, -0.05) is 0 Å². The number of rotatable bonds is 2. The van der Waals surface area contributed by atoms with E-state index in [1.807, 2.05) is 0 Å². The molecule has 0 aliphatic carbocycles. The van der Waals surface area contributed by atoms with E-state index in [9.17, 15) is 4.79 Å². The molecule has 0 N–H and O–H groups in total. The van der Waals surface area contributed by atoms with Gasteiger partial charge >= 0.3 is 5.97 Å². The molecule has 0 aromatic carbocycles. The van der Waals surface area contributed by atoms with Gasteiger partial charge in [0.15, 0.2) is 5.75 Å². The van der Waals surface area contributed by atoms with E-state index in [-0.39, 0.29) is 0 Å². The Morgan fingerprint density at radius 2 is 2.15 bits per heavy atom. The second kappa shape index (κ2) is 4.23. The number of carbonyl (C=O) groups excluding carboxylic acids is 1. The van der Waals surface area contributed by atoms with Crippen molar-refractivity contribution >= 4 is 21.9 Å². The summed E-state index contributed by atoms with van der Waals surface area (Å²) in [7, 11) is 2.78. The fourth-order valence-electron chi connectivity index (χ4n) is 0.872. The fraction of sp³-hybridized carbons (Fsp3) is 0.250. The van der Waals surface area contributed by atoms with Crippen molar-refractivity contribution in [1.82, 2.24) is 4.98 Å². The van der Waals surface area contributed by atoms with Gasteiger partial charge in [0.25, 0.3) is 0 Å². The maximum atomic E-state index is 11.3. The van der Waals surface area contributed by atoms with Gasteiger partial charge in [-0.25, -0.2) is 4.79 Å². The van der Waals surface area contributed by atoms with Crippen LogP contribution >= 0.6 is 15.9 Å². The van der Waals surface area contributed by atoms with Gasteiger partial charge in [-0.15, -0.1) is 0 Å². The summed E-state index contributed by atoms with van der Waals surface area (Å²) in [6, 6.07) is 0. The molecule has 0 spiro atoms. The van der Waals surface area contributed by atoms with Crippen LogP contribution in [-0.2, 0) is 4.74 Å². The highest BCUT2D eigenvalue weighted by Gasteiger charge is 2.16. The minimum absolute atomic E-state index is 0.347. The second-order valence-electron chi connectivity index (χ2n) is 2.19. The summed E-state index contributed by atoms with van der Waals surface area (Å²) in [5, 5.41) is 0. The van der Waals surface area contributed by atoms with Gasteiger partial charge in [0.2, 0.25) is 0 Å². The van der Waals surface area contributed by atoms with Crippen LogP contribution in [0.15, 0.2) is 16.9 Å². The standard InChI is InChI=1S/C8H8BrNO3/c1-12-6-4-10-3-5(9)7(6)8(11)13-2/h3-4H,1-2H3. The first-order valence-electron chi connectivity index (χ1n) is 3.46. The third-order valence-corrected chi connectivity index (χ3v) is 2.08. The first-order chi connectivity index (χ1) is 6.20. The summed E-state index contributed by atoms with van der Waals surface area (Å²) in [6.45, 7) is 0. The molecule has 0 radical (unpaired) electrons. The van der Waals surface area contributed by atoms with Crippen LogP contribution in [0.25, 0.3) is 0 Å². The largest absolute Gasteiger partial charge is 0.494 e. The summed E-state index contributed by atoms with van der Waals surface area (Å²) in [4.78, 5) is 15.1. The number of hydrogen-bond acceptors (Lipinski definition) is 4. The average Bonchev–Trinajstić information content (AvgIpc) is 2.16. The Morgan fingerprint density at radius 1 is 1.46 bits per heavy atom. The molecule has 5 heteroatoms. The van der Waals surface area contributed by atoms with Crippen molar-refractivity contribution in [1.29, 1.82) is 0 Å². The van der Waals surface area contributed by atoms with E-state index in [1.54, 1.807) is 0 Å². The van der Waals surface area contributed by atoms with Gasteiger partial charge in [0.1, 0.15) is 5.56 Å². The van der Waals surface area contributed by atoms with E-state index in [0.717, 1.165) is 0 Å². The van der Waals surface area contributed by atoms with Gasteiger partial charge in [0.05, 0.1) is 24.9 Å². The van der Waals surface area contributed by atoms with Crippen molar-refractivity contribution in [3.05, 3.63) is 22.4 Å². The number of esters is 1. The second-order valence-corrected chi connectivity index (χ2v) is 3.04. The first kappa shape index (κ1) is 9.98. The average molecular weight is 246 g/mol. The van der Waals surface area contributed by atoms with Gasteiger partial charge in [-0.2, -0.15) is 0 Å².